The first-order valence-electron chi connectivity index (χ1n) is 6.34. The molecule has 2 amide bonds. The summed E-state index contributed by atoms with van der Waals surface area (Å²) in [5.41, 5.74) is 1.65. The number of nitrogens with one attached hydrogen (secondary N) is 1. The van der Waals surface area contributed by atoms with E-state index in [1.807, 2.05) is 13.8 Å². The van der Waals surface area contributed by atoms with Crippen LogP contribution in [0.2, 0.25) is 0 Å². The summed E-state index contributed by atoms with van der Waals surface area (Å²) in [6.07, 6.45) is 1.72. The molecule has 1 aromatic carbocycles. The largest absolute Gasteiger partial charge is 0.336 e. The molecule has 0 fully saturated rings. The summed E-state index contributed by atoms with van der Waals surface area (Å²) in [7, 11) is 0. The van der Waals surface area contributed by atoms with Gasteiger partial charge in [0.2, 0.25) is 0 Å². The number of fused-ring (bicyclic) bond motifs is 1. The fraction of sp³-hybridized carbons (Fsp3) is 0.462. The Hall–Kier alpha value is -2.11. The van der Waals surface area contributed by atoms with Gasteiger partial charge in [-0.15, -0.1) is 0 Å². The molecule has 0 atom stereocenters. The van der Waals surface area contributed by atoms with E-state index in [0.717, 1.165) is 18.4 Å². The van der Waals surface area contributed by atoms with Gasteiger partial charge in [-0.25, -0.2) is 4.79 Å². The third-order valence-electron chi connectivity index (χ3n) is 3.06. The first-order valence-corrected chi connectivity index (χ1v) is 6.34. The summed E-state index contributed by atoms with van der Waals surface area (Å²) in [5.74, 6) is 0. The van der Waals surface area contributed by atoms with Crippen molar-refractivity contribution in [2.75, 3.05) is 11.4 Å². The van der Waals surface area contributed by atoms with E-state index in [0.29, 0.717) is 12.2 Å². The normalized spacial score (nSPS) is 14.2. The van der Waals surface area contributed by atoms with Crippen molar-refractivity contribution in [3.05, 3.63) is 33.9 Å². The van der Waals surface area contributed by atoms with Gasteiger partial charge in [-0.3, -0.25) is 15.0 Å². The second kappa shape index (κ2) is 5.26. The molecule has 0 unspecified atom stereocenters. The molecule has 0 saturated carbocycles. The number of nitro groups is 1. The van der Waals surface area contributed by atoms with Crippen LogP contribution in [0.3, 0.4) is 0 Å². The van der Waals surface area contributed by atoms with Crippen molar-refractivity contribution in [2.45, 2.75) is 32.7 Å². The van der Waals surface area contributed by atoms with Gasteiger partial charge in [-0.2, -0.15) is 0 Å². The maximum atomic E-state index is 12.1. The maximum Gasteiger partial charge on any atom is 0.322 e. The highest BCUT2D eigenvalue weighted by atomic mass is 16.6. The minimum atomic E-state index is -0.437. The first kappa shape index (κ1) is 13.3. The van der Waals surface area contributed by atoms with Crippen LogP contribution < -0.4 is 10.2 Å². The molecule has 2 rings (SSSR count). The Labute approximate surface area is 111 Å². The number of non-ortho nitro benzene ring substituents is 1. The van der Waals surface area contributed by atoms with Crippen molar-refractivity contribution in [1.82, 2.24) is 5.32 Å². The Kier molecular flexibility index (Phi) is 3.69. The van der Waals surface area contributed by atoms with Crippen molar-refractivity contribution in [3.63, 3.8) is 0 Å². The number of nitrogens with zero attached hydrogens (tertiary/aromatic N) is 2. The quantitative estimate of drug-likeness (QED) is 0.657. The Bertz CT molecular complexity index is 514. The first-order chi connectivity index (χ1) is 8.99. The zero-order valence-electron chi connectivity index (χ0n) is 11.0. The van der Waals surface area contributed by atoms with Crippen molar-refractivity contribution in [2.24, 2.45) is 0 Å². The van der Waals surface area contributed by atoms with Gasteiger partial charge < -0.3 is 5.32 Å². The zero-order valence-corrected chi connectivity index (χ0v) is 11.0. The Balaban J connectivity index is 2.34. The van der Waals surface area contributed by atoms with Crippen LogP contribution in [0.5, 0.6) is 0 Å². The second-order valence-electron chi connectivity index (χ2n) is 4.93. The molecule has 6 heteroatoms. The number of urea groups is 1. The lowest BCUT2D eigenvalue weighted by atomic mass is 10.0. The van der Waals surface area contributed by atoms with Gasteiger partial charge in [0, 0.05) is 24.7 Å². The summed E-state index contributed by atoms with van der Waals surface area (Å²) >= 11 is 0. The summed E-state index contributed by atoms with van der Waals surface area (Å²) in [6, 6.07) is 4.55. The third kappa shape index (κ3) is 2.83. The predicted octanol–water partition coefficient (Wildman–Crippen LogP) is 2.47. The van der Waals surface area contributed by atoms with E-state index in [4.69, 9.17) is 0 Å². The van der Waals surface area contributed by atoms with Crippen molar-refractivity contribution in [3.8, 4) is 0 Å². The molecular weight excluding hydrogens is 246 g/mol. The van der Waals surface area contributed by atoms with Gasteiger partial charge in [-0.1, -0.05) is 6.07 Å². The summed E-state index contributed by atoms with van der Waals surface area (Å²) in [5, 5.41) is 13.6. The van der Waals surface area contributed by atoms with Crippen LogP contribution >= 0.6 is 0 Å². The molecular formula is C13H17N3O3. The number of benzene rings is 1. The maximum absolute atomic E-state index is 12.1. The molecule has 1 aromatic rings. The van der Waals surface area contributed by atoms with Crippen LogP contribution in [0.4, 0.5) is 16.2 Å². The summed E-state index contributed by atoms with van der Waals surface area (Å²) in [4.78, 5) is 24.1. The number of aryl methyl sites for hydroxylation is 1. The number of hydrogen-bond donors (Lipinski definition) is 1. The van der Waals surface area contributed by atoms with Crippen LogP contribution in [0.1, 0.15) is 25.8 Å². The number of carbonyl (C=O) groups is 1. The molecule has 1 heterocycles. The molecule has 0 aliphatic carbocycles. The van der Waals surface area contributed by atoms with Gasteiger partial charge in [0.05, 0.1) is 10.6 Å². The number of anilines is 1. The van der Waals surface area contributed by atoms with E-state index >= 15 is 0 Å². The highest BCUT2D eigenvalue weighted by Crippen LogP contribution is 2.30. The van der Waals surface area contributed by atoms with E-state index in [-0.39, 0.29) is 17.8 Å². The molecule has 1 N–H and O–H groups in total. The summed E-state index contributed by atoms with van der Waals surface area (Å²) < 4.78 is 0. The molecule has 19 heavy (non-hydrogen) atoms. The van der Waals surface area contributed by atoms with Gasteiger partial charge >= 0.3 is 6.03 Å². The fourth-order valence-electron chi connectivity index (χ4n) is 2.21. The lowest BCUT2D eigenvalue weighted by molar-refractivity contribution is -0.384. The second-order valence-corrected chi connectivity index (χ2v) is 4.93. The molecule has 0 spiro atoms. The topological polar surface area (TPSA) is 75.5 Å². The minimum absolute atomic E-state index is 0.0167. The van der Waals surface area contributed by atoms with E-state index < -0.39 is 4.92 Å². The highest BCUT2D eigenvalue weighted by Gasteiger charge is 2.24. The van der Waals surface area contributed by atoms with Crippen LogP contribution in [-0.4, -0.2) is 23.5 Å². The molecule has 0 saturated heterocycles. The van der Waals surface area contributed by atoms with Crippen LogP contribution in [0.15, 0.2) is 18.2 Å². The Morgan fingerprint density at radius 3 is 2.84 bits per heavy atom. The van der Waals surface area contributed by atoms with Crippen LogP contribution in [-0.2, 0) is 6.42 Å². The summed E-state index contributed by atoms with van der Waals surface area (Å²) in [6.45, 7) is 4.36. The van der Waals surface area contributed by atoms with Crippen molar-refractivity contribution in [1.29, 1.82) is 0 Å². The average molecular weight is 263 g/mol. The number of carbonyl (C=O) groups excluding carboxylic acids is 1. The number of rotatable bonds is 2. The number of amides is 2. The molecule has 102 valence electrons. The van der Waals surface area contributed by atoms with Gasteiger partial charge in [0.15, 0.2) is 0 Å². The van der Waals surface area contributed by atoms with Gasteiger partial charge in [0.25, 0.3) is 5.69 Å². The predicted molar refractivity (Wildman–Crippen MR) is 72.4 cm³/mol. The van der Waals surface area contributed by atoms with Crippen molar-refractivity contribution >= 4 is 17.4 Å². The van der Waals surface area contributed by atoms with Crippen molar-refractivity contribution < 1.29 is 9.72 Å². The van der Waals surface area contributed by atoms with Gasteiger partial charge in [-0.05, 0) is 32.3 Å². The number of nitro benzene ring substituents is 1. The van der Waals surface area contributed by atoms with E-state index in [1.165, 1.54) is 12.1 Å². The molecule has 1 aliphatic rings. The third-order valence-corrected chi connectivity index (χ3v) is 3.06. The Morgan fingerprint density at radius 2 is 2.21 bits per heavy atom. The Morgan fingerprint density at radius 1 is 1.47 bits per heavy atom. The molecule has 1 aliphatic heterocycles. The molecule has 0 aromatic heterocycles. The van der Waals surface area contributed by atoms with E-state index in [9.17, 15) is 14.9 Å². The zero-order chi connectivity index (χ0) is 14.0. The fourth-order valence-corrected chi connectivity index (χ4v) is 2.21. The molecule has 6 nitrogen and oxygen atoms in total. The smallest absolute Gasteiger partial charge is 0.322 e. The minimum Gasteiger partial charge on any atom is -0.336 e. The average Bonchev–Trinajstić information content (AvgIpc) is 2.36. The lowest BCUT2D eigenvalue weighted by Crippen LogP contribution is -2.45. The van der Waals surface area contributed by atoms with E-state index in [2.05, 4.69) is 5.32 Å². The lowest BCUT2D eigenvalue weighted by Gasteiger charge is -2.30. The number of hydrogen-bond acceptors (Lipinski definition) is 3. The monoisotopic (exact) mass is 263 g/mol. The van der Waals surface area contributed by atoms with E-state index in [1.54, 1.807) is 11.0 Å². The van der Waals surface area contributed by atoms with Crippen LogP contribution in [0, 0.1) is 10.1 Å². The molecule has 0 bridgehead atoms. The van der Waals surface area contributed by atoms with Gasteiger partial charge in [0.1, 0.15) is 0 Å². The SMILES string of the molecule is CC(C)NC(=O)N1CCCc2ccc([N+](=O)[O-])cc21. The van der Waals surface area contributed by atoms with Crippen LogP contribution in [0.25, 0.3) is 0 Å². The highest BCUT2D eigenvalue weighted by molar-refractivity contribution is 5.93. The standard InChI is InChI=1S/C13H17N3O3/c1-9(2)14-13(17)15-7-3-4-10-5-6-11(16(18)19)8-12(10)15/h5-6,8-9H,3-4,7H2,1-2H3,(H,14,17). The molecule has 0 radical (unpaired) electrons.